The Morgan fingerprint density at radius 3 is 2.82 bits per heavy atom. The monoisotopic (exact) mass is 257 g/mol. The highest BCUT2D eigenvalue weighted by molar-refractivity contribution is 6.18. The summed E-state index contributed by atoms with van der Waals surface area (Å²) in [7, 11) is 0. The van der Waals surface area contributed by atoms with Gasteiger partial charge in [0.25, 0.3) is 5.56 Å². The Hall–Kier alpha value is -1.56. The first-order valence-corrected chi connectivity index (χ1v) is 5.83. The van der Waals surface area contributed by atoms with Crippen LogP contribution in [0.2, 0.25) is 0 Å². The summed E-state index contributed by atoms with van der Waals surface area (Å²) in [6.45, 7) is 1.07. The van der Waals surface area contributed by atoms with E-state index in [0.717, 1.165) is 0 Å². The van der Waals surface area contributed by atoms with E-state index in [1.807, 2.05) is 0 Å². The van der Waals surface area contributed by atoms with Crippen LogP contribution in [-0.4, -0.2) is 39.3 Å². The molecule has 0 unspecified atom stereocenters. The lowest BCUT2D eigenvalue weighted by molar-refractivity contribution is -0.130. The highest BCUT2D eigenvalue weighted by atomic mass is 35.5. The lowest BCUT2D eigenvalue weighted by Crippen LogP contribution is -2.36. The molecule has 0 aliphatic carbocycles. The molecule has 17 heavy (non-hydrogen) atoms. The van der Waals surface area contributed by atoms with Crippen LogP contribution < -0.4 is 11.2 Å². The van der Waals surface area contributed by atoms with Gasteiger partial charge in [-0.25, -0.2) is 4.79 Å². The number of carbonyl (C=O) groups is 1. The van der Waals surface area contributed by atoms with Crippen LogP contribution in [0.25, 0.3) is 0 Å². The molecule has 1 saturated heterocycles. The van der Waals surface area contributed by atoms with Crippen LogP contribution in [0.15, 0.2) is 21.9 Å². The molecule has 1 amide bonds. The third-order valence-electron chi connectivity index (χ3n) is 2.81. The number of hydrogen-bond acceptors (Lipinski definition) is 3. The first-order valence-electron chi connectivity index (χ1n) is 5.29. The molecule has 2 heterocycles. The molecule has 1 N–H and O–H groups in total. The van der Waals surface area contributed by atoms with Gasteiger partial charge in [-0.05, 0) is 6.42 Å². The van der Waals surface area contributed by atoms with E-state index < -0.39 is 17.3 Å². The summed E-state index contributed by atoms with van der Waals surface area (Å²) >= 11 is 5.58. The van der Waals surface area contributed by atoms with E-state index in [4.69, 9.17) is 11.6 Å². The summed E-state index contributed by atoms with van der Waals surface area (Å²) in [5, 5.41) is 0. The molecule has 1 aromatic rings. The number of carbonyl (C=O) groups excluding carboxylic acids is 1. The summed E-state index contributed by atoms with van der Waals surface area (Å²) in [5.41, 5.74) is -1.02. The number of hydrogen-bond donors (Lipinski definition) is 1. The molecule has 0 saturated carbocycles. The second-order valence-electron chi connectivity index (χ2n) is 3.84. The zero-order chi connectivity index (χ0) is 12.4. The molecule has 0 spiro atoms. The predicted octanol–water partition coefficient (Wildman–Crippen LogP) is -0.451. The van der Waals surface area contributed by atoms with E-state index >= 15 is 0 Å². The molecule has 1 aliphatic rings. The summed E-state index contributed by atoms with van der Waals surface area (Å²) in [6, 6.07) is 0.710. The van der Waals surface area contributed by atoms with E-state index in [2.05, 4.69) is 4.98 Å². The van der Waals surface area contributed by atoms with Crippen LogP contribution in [-0.2, 0) is 4.79 Å². The number of halogens is 1. The molecule has 1 aliphatic heterocycles. The molecule has 7 heteroatoms. The zero-order valence-corrected chi connectivity index (χ0v) is 9.81. The minimum absolute atomic E-state index is 0.125. The molecular weight excluding hydrogens is 246 g/mol. The highest BCUT2D eigenvalue weighted by Crippen LogP contribution is 2.20. The Morgan fingerprint density at radius 2 is 2.18 bits per heavy atom. The smallest absolute Gasteiger partial charge is 0.329 e. The first kappa shape index (κ1) is 11.9. The van der Waals surface area contributed by atoms with Crippen LogP contribution in [0.1, 0.15) is 12.5 Å². The van der Waals surface area contributed by atoms with Crippen LogP contribution in [0.5, 0.6) is 0 Å². The van der Waals surface area contributed by atoms with Crippen molar-refractivity contribution in [3.63, 3.8) is 0 Å². The van der Waals surface area contributed by atoms with E-state index in [1.54, 1.807) is 4.90 Å². The van der Waals surface area contributed by atoms with Gasteiger partial charge in [0, 0.05) is 31.2 Å². The molecule has 1 atom stereocenters. The second kappa shape index (κ2) is 4.75. The van der Waals surface area contributed by atoms with Crippen LogP contribution in [0, 0.1) is 0 Å². The fourth-order valence-electron chi connectivity index (χ4n) is 1.98. The van der Waals surface area contributed by atoms with Crippen molar-refractivity contribution in [2.24, 2.45) is 0 Å². The molecule has 6 nitrogen and oxygen atoms in total. The number of aromatic amines is 1. The molecule has 1 fully saturated rings. The van der Waals surface area contributed by atoms with E-state index in [-0.39, 0.29) is 5.91 Å². The number of H-pyrrole nitrogens is 1. The molecule has 92 valence electrons. The van der Waals surface area contributed by atoms with Crippen molar-refractivity contribution in [2.75, 3.05) is 19.0 Å². The van der Waals surface area contributed by atoms with Crippen molar-refractivity contribution in [3.8, 4) is 0 Å². The number of amides is 1. The predicted molar refractivity (Wildman–Crippen MR) is 62.3 cm³/mol. The van der Waals surface area contributed by atoms with Gasteiger partial charge >= 0.3 is 5.69 Å². The van der Waals surface area contributed by atoms with Crippen molar-refractivity contribution in [1.29, 1.82) is 0 Å². The van der Waals surface area contributed by atoms with Crippen molar-refractivity contribution >= 4 is 17.5 Å². The summed E-state index contributed by atoms with van der Waals surface area (Å²) in [4.78, 5) is 38.2. The largest absolute Gasteiger partial charge is 0.340 e. The number of alkyl halides is 1. The maximum Gasteiger partial charge on any atom is 0.329 e. The molecule has 0 radical (unpaired) electrons. The van der Waals surface area contributed by atoms with Gasteiger partial charge in [0.1, 0.15) is 6.04 Å². The van der Waals surface area contributed by atoms with Gasteiger partial charge < -0.3 is 4.90 Å². The number of aromatic nitrogens is 2. The maximum atomic E-state index is 11.9. The highest BCUT2D eigenvalue weighted by Gasteiger charge is 2.32. The number of nitrogens with one attached hydrogen (secondary N) is 1. The van der Waals surface area contributed by atoms with Crippen molar-refractivity contribution < 1.29 is 4.79 Å². The lowest BCUT2D eigenvalue weighted by Gasteiger charge is -2.15. The average molecular weight is 258 g/mol. The zero-order valence-electron chi connectivity index (χ0n) is 9.06. The Morgan fingerprint density at radius 1 is 1.41 bits per heavy atom. The minimum atomic E-state index is -0.552. The van der Waals surface area contributed by atoms with Crippen LogP contribution >= 0.6 is 11.6 Å². The molecule has 1 aromatic heterocycles. The number of nitrogens with zero attached hydrogens (tertiary/aromatic N) is 2. The Balaban J connectivity index is 2.27. The molecule has 2 rings (SSSR count). The maximum absolute atomic E-state index is 11.9. The Labute approximate surface area is 102 Å². The van der Waals surface area contributed by atoms with Gasteiger partial charge in [0.05, 0.1) is 0 Å². The SMILES string of the molecule is O=C1[C@@H](n2ccc(=O)[nH]c2=O)CCN1CCCl. The Bertz CT molecular complexity index is 536. The van der Waals surface area contributed by atoms with Crippen LogP contribution in [0.4, 0.5) is 0 Å². The van der Waals surface area contributed by atoms with Gasteiger partial charge in [-0.3, -0.25) is 19.1 Å². The first-order chi connectivity index (χ1) is 8.13. The normalized spacial score (nSPS) is 19.9. The standard InChI is InChI=1S/C10H12ClN3O3/c11-3-6-13-4-1-7(9(13)16)14-5-2-8(15)12-10(14)17/h2,5,7H,1,3-4,6H2,(H,12,15,17)/t7-/m0/s1. The van der Waals surface area contributed by atoms with E-state index in [1.165, 1.54) is 16.8 Å². The summed E-state index contributed by atoms with van der Waals surface area (Å²) in [5.74, 6) is 0.249. The van der Waals surface area contributed by atoms with Crippen molar-refractivity contribution in [2.45, 2.75) is 12.5 Å². The number of rotatable bonds is 3. The quantitative estimate of drug-likeness (QED) is 0.745. The van der Waals surface area contributed by atoms with E-state index in [0.29, 0.717) is 25.4 Å². The van der Waals surface area contributed by atoms with E-state index in [9.17, 15) is 14.4 Å². The fourth-order valence-corrected chi connectivity index (χ4v) is 2.18. The Kier molecular flexibility index (Phi) is 3.33. The van der Waals surface area contributed by atoms with Crippen molar-refractivity contribution in [3.05, 3.63) is 33.1 Å². The molecular formula is C10H12ClN3O3. The summed E-state index contributed by atoms with van der Waals surface area (Å²) in [6.07, 6.45) is 1.91. The minimum Gasteiger partial charge on any atom is -0.340 e. The van der Waals surface area contributed by atoms with Gasteiger partial charge in [-0.1, -0.05) is 0 Å². The van der Waals surface area contributed by atoms with Gasteiger partial charge in [0.15, 0.2) is 0 Å². The van der Waals surface area contributed by atoms with Crippen LogP contribution in [0.3, 0.4) is 0 Å². The second-order valence-corrected chi connectivity index (χ2v) is 4.21. The topological polar surface area (TPSA) is 75.2 Å². The van der Waals surface area contributed by atoms with Gasteiger partial charge in [-0.2, -0.15) is 0 Å². The van der Waals surface area contributed by atoms with Gasteiger partial charge in [0.2, 0.25) is 5.91 Å². The summed E-state index contributed by atoms with van der Waals surface area (Å²) < 4.78 is 1.26. The average Bonchev–Trinajstić information content (AvgIpc) is 2.62. The van der Waals surface area contributed by atoms with Crippen molar-refractivity contribution in [1.82, 2.24) is 14.5 Å². The fraction of sp³-hybridized carbons (Fsp3) is 0.500. The molecule has 0 aromatic carbocycles. The van der Waals surface area contributed by atoms with Gasteiger partial charge in [-0.15, -0.1) is 11.6 Å². The third-order valence-corrected chi connectivity index (χ3v) is 2.98. The third kappa shape index (κ3) is 2.26. The molecule has 0 bridgehead atoms. The number of likely N-dealkylation sites (tertiary alicyclic amines) is 1. The lowest BCUT2D eigenvalue weighted by atomic mass is 10.2.